The molecule has 33 heavy (non-hydrogen) atoms. The third-order valence-corrected chi connectivity index (χ3v) is 5.63. The first-order valence-electron chi connectivity index (χ1n) is 10.3. The minimum absolute atomic E-state index is 0.0544. The molecule has 4 rings (SSSR count). The van der Waals surface area contributed by atoms with Gasteiger partial charge in [0.1, 0.15) is 11.5 Å². The van der Waals surface area contributed by atoms with E-state index < -0.39 is 17.6 Å². The lowest BCUT2D eigenvalue weighted by Crippen LogP contribution is -2.33. The number of anilines is 2. The third-order valence-electron chi connectivity index (χ3n) is 5.63. The van der Waals surface area contributed by atoms with Gasteiger partial charge >= 0.3 is 0 Å². The number of nitrogens with one attached hydrogen (secondary N) is 1. The smallest absolute Gasteiger partial charge is 0.282 e. The zero-order valence-corrected chi connectivity index (χ0v) is 18.7. The Morgan fingerprint density at radius 3 is 2.21 bits per heavy atom. The van der Waals surface area contributed by atoms with E-state index in [1.165, 1.54) is 32.4 Å². The quantitative estimate of drug-likeness (QED) is 0.548. The van der Waals surface area contributed by atoms with Crippen LogP contribution in [0.25, 0.3) is 5.57 Å². The van der Waals surface area contributed by atoms with Crippen LogP contribution in [0.2, 0.25) is 0 Å². The van der Waals surface area contributed by atoms with Gasteiger partial charge in [0.05, 0.1) is 25.5 Å². The van der Waals surface area contributed by atoms with Gasteiger partial charge in [-0.15, -0.1) is 0 Å². The maximum atomic E-state index is 14.6. The number of carbonyl (C=O) groups is 2. The number of aryl methyl sites for hydroxylation is 2. The minimum atomic E-state index is -0.661. The van der Waals surface area contributed by atoms with Gasteiger partial charge in [0, 0.05) is 11.8 Å². The summed E-state index contributed by atoms with van der Waals surface area (Å²) in [5, 5.41) is 3.06. The number of ether oxygens (including phenoxy) is 2. The second kappa shape index (κ2) is 8.78. The summed E-state index contributed by atoms with van der Waals surface area (Å²) in [4.78, 5) is 27.8. The molecule has 0 bridgehead atoms. The summed E-state index contributed by atoms with van der Waals surface area (Å²) < 4.78 is 25.2. The Bertz CT molecular complexity index is 1300. The largest absolute Gasteiger partial charge is 0.493 e. The van der Waals surface area contributed by atoms with Crippen LogP contribution in [0, 0.1) is 19.7 Å². The first-order valence-corrected chi connectivity index (χ1v) is 10.3. The van der Waals surface area contributed by atoms with E-state index in [0.717, 1.165) is 16.0 Å². The maximum Gasteiger partial charge on any atom is 0.282 e. The number of para-hydroxylation sites is 1. The lowest BCUT2D eigenvalue weighted by atomic mass is 9.99. The minimum Gasteiger partial charge on any atom is -0.493 e. The summed E-state index contributed by atoms with van der Waals surface area (Å²) in [7, 11) is 3.03. The highest BCUT2D eigenvalue weighted by atomic mass is 19.1. The van der Waals surface area contributed by atoms with Crippen molar-refractivity contribution >= 4 is 28.8 Å². The van der Waals surface area contributed by atoms with Crippen LogP contribution in [0.1, 0.15) is 16.7 Å². The third kappa shape index (κ3) is 3.93. The first-order chi connectivity index (χ1) is 15.8. The van der Waals surface area contributed by atoms with Gasteiger partial charge < -0.3 is 14.8 Å². The fourth-order valence-corrected chi connectivity index (χ4v) is 3.72. The molecule has 0 saturated heterocycles. The summed E-state index contributed by atoms with van der Waals surface area (Å²) in [5.41, 5.74) is 3.23. The SMILES string of the molecule is COc1ccc(NC2=C(c3ccc(C)c(C)c3)C(=O)N(c3ccccc3F)C2=O)cc1OC. The number of methoxy groups -OCH3 is 2. The molecule has 0 saturated carbocycles. The van der Waals surface area contributed by atoms with Crippen molar-refractivity contribution in [3.8, 4) is 11.5 Å². The van der Waals surface area contributed by atoms with Crippen LogP contribution >= 0.6 is 0 Å². The predicted molar refractivity (Wildman–Crippen MR) is 125 cm³/mol. The van der Waals surface area contributed by atoms with E-state index in [2.05, 4.69) is 5.32 Å². The second-order valence-corrected chi connectivity index (χ2v) is 7.64. The standard InChI is InChI=1S/C26H23FN2O4/c1-15-9-10-17(13-16(15)2)23-24(28-18-11-12-21(32-3)22(14-18)33-4)26(31)29(25(23)30)20-8-6-5-7-19(20)27/h5-14,28H,1-4H3. The van der Waals surface area contributed by atoms with Crippen LogP contribution in [0.5, 0.6) is 11.5 Å². The van der Waals surface area contributed by atoms with E-state index >= 15 is 0 Å². The Hall–Kier alpha value is -4.13. The zero-order chi connectivity index (χ0) is 23.7. The van der Waals surface area contributed by atoms with E-state index in [0.29, 0.717) is 22.7 Å². The van der Waals surface area contributed by atoms with Gasteiger partial charge in [0.2, 0.25) is 0 Å². The fraction of sp³-hybridized carbons (Fsp3) is 0.154. The summed E-state index contributed by atoms with van der Waals surface area (Å²) >= 11 is 0. The van der Waals surface area contributed by atoms with Crippen molar-refractivity contribution in [1.29, 1.82) is 0 Å². The van der Waals surface area contributed by atoms with Gasteiger partial charge in [-0.25, -0.2) is 9.29 Å². The fourth-order valence-electron chi connectivity index (χ4n) is 3.72. The summed E-state index contributed by atoms with van der Waals surface area (Å²) in [6.45, 7) is 3.89. The van der Waals surface area contributed by atoms with Crippen LogP contribution in [0.15, 0.2) is 66.4 Å². The van der Waals surface area contributed by atoms with Crippen molar-refractivity contribution in [1.82, 2.24) is 0 Å². The average Bonchev–Trinajstić information content (AvgIpc) is 3.05. The molecule has 7 heteroatoms. The molecule has 3 aromatic carbocycles. The van der Waals surface area contributed by atoms with Crippen LogP contribution in [0.3, 0.4) is 0 Å². The molecule has 1 aliphatic heterocycles. The highest BCUT2D eigenvalue weighted by molar-refractivity contribution is 6.46. The topological polar surface area (TPSA) is 67.9 Å². The van der Waals surface area contributed by atoms with Gasteiger partial charge in [0.15, 0.2) is 11.5 Å². The molecule has 0 unspecified atom stereocenters. The van der Waals surface area contributed by atoms with Crippen LogP contribution in [-0.2, 0) is 9.59 Å². The molecule has 0 spiro atoms. The number of amides is 2. The van der Waals surface area contributed by atoms with Gasteiger partial charge in [0.25, 0.3) is 11.8 Å². The molecular formula is C26H23FN2O4. The number of carbonyl (C=O) groups excluding carboxylic acids is 2. The number of benzene rings is 3. The highest BCUT2D eigenvalue weighted by Crippen LogP contribution is 2.37. The predicted octanol–water partition coefficient (Wildman–Crippen LogP) is 4.86. The number of nitrogens with zero attached hydrogens (tertiary/aromatic N) is 1. The average molecular weight is 446 g/mol. The Morgan fingerprint density at radius 2 is 1.55 bits per heavy atom. The lowest BCUT2D eigenvalue weighted by Gasteiger charge is -2.16. The molecule has 0 fully saturated rings. The molecule has 0 aliphatic carbocycles. The molecule has 1 N–H and O–H groups in total. The van der Waals surface area contributed by atoms with Crippen molar-refractivity contribution in [3.05, 3.63) is 88.9 Å². The Labute approximate surface area is 191 Å². The summed E-state index contributed by atoms with van der Waals surface area (Å²) in [6.07, 6.45) is 0. The molecule has 0 radical (unpaired) electrons. The van der Waals surface area contributed by atoms with E-state index in [9.17, 15) is 14.0 Å². The van der Waals surface area contributed by atoms with Gasteiger partial charge in [-0.2, -0.15) is 0 Å². The maximum absolute atomic E-state index is 14.6. The normalized spacial score (nSPS) is 13.5. The molecule has 0 aromatic heterocycles. The highest BCUT2D eigenvalue weighted by Gasteiger charge is 2.41. The van der Waals surface area contributed by atoms with Gasteiger partial charge in [-0.05, 0) is 54.8 Å². The van der Waals surface area contributed by atoms with Gasteiger partial charge in [-0.3, -0.25) is 9.59 Å². The molecule has 1 aliphatic rings. The summed E-state index contributed by atoms with van der Waals surface area (Å²) in [6, 6.07) is 16.3. The van der Waals surface area contributed by atoms with Crippen molar-refractivity contribution in [3.63, 3.8) is 0 Å². The van der Waals surface area contributed by atoms with Gasteiger partial charge in [-0.1, -0.05) is 30.3 Å². The van der Waals surface area contributed by atoms with Crippen molar-refractivity contribution in [2.75, 3.05) is 24.4 Å². The van der Waals surface area contributed by atoms with E-state index in [-0.39, 0.29) is 17.0 Å². The Morgan fingerprint density at radius 1 is 0.818 bits per heavy atom. The molecule has 2 amide bonds. The Balaban J connectivity index is 1.85. The lowest BCUT2D eigenvalue weighted by molar-refractivity contribution is -0.120. The molecule has 0 atom stereocenters. The van der Waals surface area contributed by atoms with Crippen LogP contribution in [0.4, 0.5) is 15.8 Å². The number of hydrogen-bond acceptors (Lipinski definition) is 5. The van der Waals surface area contributed by atoms with Crippen LogP contribution in [-0.4, -0.2) is 26.0 Å². The number of halogens is 1. The first kappa shape index (κ1) is 22.1. The monoisotopic (exact) mass is 446 g/mol. The number of imide groups is 1. The molecule has 168 valence electrons. The van der Waals surface area contributed by atoms with E-state index in [4.69, 9.17) is 9.47 Å². The van der Waals surface area contributed by atoms with Crippen molar-refractivity contribution in [2.24, 2.45) is 0 Å². The van der Waals surface area contributed by atoms with Crippen molar-refractivity contribution in [2.45, 2.75) is 13.8 Å². The number of rotatable bonds is 6. The molecular weight excluding hydrogens is 423 g/mol. The van der Waals surface area contributed by atoms with E-state index in [1.54, 1.807) is 30.3 Å². The van der Waals surface area contributed by atoms with E-state index in [1.807, 2.05) is 26.0 Å². The molecule has 3 aromatic rings. The molecule has 6 nitrogen and oxygen atoms in total. The van der Waals surface area contributed by atoms with Crippen LogP contribution < -0.4 is 19.7 Å². The summed E-state index contributed by atoms with van der Waals surface area (Å²) in [5.74, 6) is -0.928. The second-order valence-electron chi connectivity index (χ2n) is 7.64. The van der Waals surface area contributed by atoms with Crippen molar-refractivity contribution < 1.29 is 23.5 Å². The zero-order valence-electron chi connectivity index (χ0n) is 18.7. The number of hydrogen-bond donors (Lipinski definition) is 1. The Kier molecular flexibility index (Phi) is 5.87. The molecule has 1 heterocycles.